The molecule has 1 heterocycles. The lowest BCUT2D eigenvalue weighted by Gasteiger charge is -2.01. The summed E-state index contributed by atoms with van der Waals surface area (Å²) >= 11 is 0. The zero-order valence-corrected chi connectivity index (χ0v) is 7.86. The first-order chi connectivity index (χ1) is 5.83. The second kappa shape index (κ2) is 3.77. The molecule has 0 aliphatic carbocycles. The van der Waals surface area contributed by atoms with Crippen LogP contribution in [0.4, 0.5) is 0 Å². The number of amides is 1. The van der Waals surface area contributed by atoms with Crippen LogP contribution in [-0.4, -0.2) is 5.91 Å². The molecule has 13 heavy (non-hydrogen) atoms. The number of hydrogen-bond donors (Lipinski definition) is 2. The number of fused-ring (bicyclic) bond motifs is 1. The molecule has 1 aromatic carbocycles. The van der Waals surface area contributed by atoms with Crippen molar-refractivity contribution in [1.82, 2.24) is 5.32 Å². The highest BCUT2D eigenvalue weighted by molar-refractivity contribution is 5.99. The van der Waals surface area contributed by atoms with Crippen LogP contribution in [0.3, 0.4) is 0 Å². The monoisotopic (exact) mass is 198 g/mol. The van der Waals surface area contributed by atoms with Crippen LogP contribution in [0, 0.1) is 0 Å². The molecule has 3 N–H and O–H groups in total. The van der Waals surface area contributed by atoms with Gasteiger partial charge in [-0.05, 0) is 11.1 Å². The number of rotatable bonds is 1. The maximum Gasteiger partial charge on any atom is 0.252 e. The van der Waals surface area contributed by atoms with Gasteiger partial charge in [0.2, 0.25) is 0 Å². The van der Waals surface area contributed by atoms with Gasteiger partial charge in [-0.25, -0.2) is 0 Å². The molecule has 0 bridgehead atoms. The largest absolute Gasteiger partial charge is 0.348 e. The van der Waals surface area contributed by atoms with Crippen LogP contribution in [0.2, 0.25) is 0 Å². The Balaban J connectivity index is 0.000000845. The third-order valence-electron chi connectivity index (χ3n) is 2.12. The van der Waals surface area contributed by atoms with E-state index in [9.17, 15) is 4.79 Å². The van der Waals surface area contributed by atoms with Crippen LogP contribution >= 0.6 is 12.4 Å². The average Bonchev–Trinajstić information content (AvgIpc) is 2.48. The van der Waals surface area contributed by atoms with Crippen LogP contribution in [-0.2, 0) is 13.1 Å². The molecular formula is C9H11ClN2O. The average molecular weight is 199 g/mol. The van der Waals surface area contributed by atoms with Gasteiger partial charge in [-0.1, -0.05) is 18.2 Å². The number of benzene rings is 1. The molecule has 0 spiro atoms. The maximum atomic E-state index is 11.3. The van der Waals surface area contributed by atoms with Crippen LogP contribution in [0.1, 0.15) is 21.5 Å². The fourth-order valence-electron chi connectivity index (χ4n) is 1.53. The molecule has 1 aliphatic rings. The van der Waals surface area contributed by atoms with E-state index >= 15 is 0 Å². The van der Waals surface area contributed by atoms with Gasteiger partial charge in [0.05, 0.1) is 0 Å². The third kappa shape index (κ3) is 1.53. The number of carbonyl (C=O) groups is 1. The van der Waals surface area contributed by atoms with Gasteiger partial charge in [0.25, 0.3) is 5.91 Å². The molecule has 1 amide bonds. The topological polar surface area (TPSA) is 55.1 Å². The van der Waals surface area contributed by atoms with E-state index in [1.54, 1.807) is 0 Å². The zero-order chi connectivity index (χ0) is 8.55. The molecule has 0 saturated heterocycles. The summed E-state index contributed by atoms with van der Waals surface area (Å²) in [6.07, 6.45) is 0. The Morgan fingerprint density at radius 3 is 2.92 bits per heavy atom. The normalized spacial score (nSPS) is 13.2. The van der Waals surface area contributed by atoms with Gasteiger partial charge in [0.15, 0.2) is 0 Å². The number of nitrogens with one attached hydrogen (secondary N) is 1. The summed E-state index contributed by atoms with van der Waals surface area (Å²) < 4.78 is 0. The Bertz CT molecular complexity index is 338. The number of hydrogen-bond acceptors (Lipinski definition) is 2. The van der Waals surface area contributed by atoms with Crippen LogP contribution in [0.25, 0.3) is 0 Å². The van der Waals surface area contributed by atoms with E-state index in [2.05, 4.69) is 5.32 Å². The summed E-state index contributed by atoms with van der Waals surface area (Å²) in [6.45, 7) is 1.07. The zero-order valence-electron chi connectivity index (χ0n) is 7.04. The van der Waals surface area contributed by atoms with E-state index < -0.39 is 0 Å². The standard InChI is InChI=1S/C9H10N2O.ClH/c10-4-6-2-1-3-7-5-11-9(12)8(6)7;/h1-3H,4-5,10H2,(H,11,12);1H. The Kier molecular flexibility index (Phi) is 2.90. The van der Waals surface area contributed by atoms with Gasteiger partial charge in [0.1, 0.15) is 0 Å². The molecule has 0 aromatic heterocycles. The van der Waals surface area contributed by atoms with Crippen molar-refractivity contribution >= 4 is 18.3 Å². The van der Waals surface area contributed by atoms with E-state index in [0.29, 0.717) is 13.1 Å². The van der Waals surface area contributed by atoms with E-state index in [1.165, 1.54) is 0 Å². The summed E-state index contributed by atoms with van der Waals surface area (Å²) in [5.74, 6) is 0.00560. The molecule has 0 saturated carbocycles. The predicted octanol–water partition coefficient (Wildman–Crippen LogP) is 0.811. The Morgan fingerprint density at radius 2 is 2.23 bits per heavy atom. The molecule has 1 aromatic rings. The molecule has 1 aliphatic heterocycles. The van der Waals surface area contributed by atoms with Crippen LogP contribution < -0.4 is 11.1 Å². The molecule has 0 radical (unpaired) electrons. The van der Waals surface area contributed by atoms with Crippen molar-refractivity contribution in [1.29, 1.82) is 0 Å². The fourth-order valence-corrected chi connectivity index (χ4v) is 1.53. The van der Waals surface area contributed by atoms with Gasteiger partial charge in [-0.15, -0.1) is 12.4 Å². The third-order valence-corrected chi connectivity index (χ3v) is 2.12. The van der Waals surface area contributed by atoms with Gasteiger partial charge in [0, 0.05) is 18.7 Å². The lowest BCUT2D eigenvalue weighted by molar-refractivity contribution is 0.0965. The van der Waals surface area contributed by atoms with Crippen molar-refractivity contribution in [2.24, 2.45) is 5.73 Å². The summed E-state index contributed by atoms with van der Waals surface area (Å²) in [7, 11) is 0. The van der Waals surface area contributed by atoms with Gasteiger partial charge in [-0.3, -0.25) is 4.79 Å². The van der Waals surface area contributed by atoms with E-state index in [-0.39, 0.29) is 18.3 Å². The second-order valence-corrected chi connectivity index (χ2v) is 2.84. The van der Waals surface area contributed by atoms with Crippen molar-refractivity contribution in [3.8, 4) is 0 Å². The van der Waals surface area contributed by atoms with Gasteiger partial charge in [-0.2, -0.15) is 0 Å². The maximum absolute atomic E-state index is 11.3. The Labute approximate surface area is 82.7 Å². The first kappa shape index (κ1) is 10.0. The lowest BCUT2D eigenvalue weighted by Crippen LogP contribution is -2.14. The lowest BCUT2D eigenvalue weighted by atomic mass is 10.0. The first-order valence-electron chi connectivity index (χ1n) is 3.92. The summed E-state index contributed by atoms with van der Waals surface area (Å²) in [6, 6.07) is 5.78. The Morgan fingerprint density at radius 1 is 1.46 bits per heavy atom. The highest BCUT2D eigenvalue weighted by atomic mass is 35.5. The van der Waals surface area contributed by atoms with E-state index in [0.717, 1.165) is 16.7 Å². The number of nitrogens with two attached hydrogens (primary N) is 1. The van der Waals surface area contributed by atoms with E-state index in [1.807, 2.05) is 18.2 Å². The summed E-state index contributed by atoms with van der Waals surface area (Å²) in [5.41, 5.74) is 8.27. The minimum atomic E-state index is 0. The van der Waals surface area contributed by atoms with Crippen molar-refractivity contribution in [3.63, 3.8) is 0 Å². The quantitative estimate of drug-likeness (QED) is 0.702. The van der Waals surface area contributed by atoms with Crippen molar-refractivity contribution in [3.05, 3.63) is 34.9 Å². The van der Waals surface area contributed by atoms with Crippen LogP contribution in [0.15, 0.2) is 18.2 Å². The van der Waals surface area contributed by atoms with Crippen molar-refractivity contribution in [2.45, 2.75) is 13.1 Å². The Hall–Kier alpha value is -1.06. The second-order valence-electron chi connectivity index (χ2n) is 2.84. The molecule has 0 fully saturated rings. The highest BCUT2D eigenvalue weighted by Gasteiger charge is 2.20. The molecular weight excluding hydrogens is 188 g/mol. The van der Waals surface area contributed by atoms with Gasteiger partial charge >= 0.3 is 0 Å². The summed E-state index contributed by atoms with van der Waals surface area (Å²) in [5, 5.41) is 2.77. The van der Waals surface area contributed by atoms with Crippen molar-refractivity contribution in [2.75, 3.05) is 0 Å². The van der Waals surface area contributed by atoms with E-state index in [4.69, 9.17) is 5.73 Å². The number of halogens is 1. The van der Waals surface area contributed by atoms with Crippen molar-refractivity contribution < 1.29 is 4.79 Å². The first-order valence-corrected chi connectivity index (χ1v) is 3.92. The van der Waals surface area contributed by atoms with Crippen LogP contribution in [0.5, 0.6) is 0 Å². The molecule has 4 heteroatoms. The molecule has 2 rings (SSSR count). The molecule has 0 atom stereocenters. The minimum Gasteiger partial charge on any atom is -0.348 e. The minimum absolute atomic E-state index is 0. The number of carbonyl (C=O) groups excluding carboxylic acids is 1. The molecule has 3 nitrogen and oxygen atoms in total. The smallest absolute Gasteiger partial charge is 0.252 e. The highest BCUT2D eigenvalue weighted by Crippen LogP contribution is 2.18. The van der Waals surface area contributed by atoms with Gasteiger partial charge < -0.3 is 11.1 Å². The molecule has 0 unspecified atom stereocenters. The summed E-state index contributed by atoms with van der Waals surface area (Å²) in [4.78, 5) is 11.3. The predicted molar refractivity (Wildman–Crippen MR) is 52.8 cm³/mol. The fraction of sp³-hybridized carbons (Fsp3) is 0.222. The SMILES string of the molecule is Cl.NCc1cccc2c1C(=O)NC2. The molecule has 70 valence electrons.